The Labute approximate surface area is 97.8 Å². The predicted octanol–water partition coefficient (Wildman–Crippen LogP) is 2.31. The molecule has 1 atom stereocenters. The van der Waals surface area contributed by atoms with Gasteiger partial charge in [0, 0.05) is 12.2 Å². The summed E-state index contributed by atoms with van der Waals surface area (Å²) in [7, 11) is -2.94. The summed E-state index contributed by atoms with van der Waals surface area (Å²) < 4.78 is 23.4. The van der Waals surface area contributed by atoms with Crippen LogP contribution in [0.5, 0.6) is 0 Å². The molecule has 1 N–H and O–H groups in total. The Kier molecular flexibility index (Phi) is 4.80. The van der Waals surface area contributed by atoms with Gasteiger partial charge in [0.25, 0.3) is 0 Å². The van der Waals surface area contributed by atoms with Gasteiger partial charge in [-0.15, -0.1) is 0 Å². The third kappa shape index (κ3) is 3.85. The summed E-state index contributed by atoms with van der Waals surface area (Å²) in [5.74, 6) is 0.268. The molecule has 16 heavy (non-hydrogen) atoms. The Balaban J connectivity index is 2.50. The summed E-state index contributed by atoms with van der Waals surface area (Å²) in [5.41, 5.74) is 0.959. The van der Waals surface area contributed by atoms with E-state index in [1.807, 2.05) is 37.3 Å². The molecule has 0 saturated heterocycles. The lowest BCUT2D eigenvalue weighted by Gasteiger charge is -2.14. The molecule has 0 aromatic heterocycles. The smallest absolute Gasteiger partial charge is 0.154 e. The molecular formula is C12H19NO2S. The van der Waals surface area contributed by atoms with E-state index in [1.54, 1.807) is 6.92 Å². The first kappa shape index (κ1) is 13.0. The van der Waals surface area contributed by atoms with Gasteiger partial charge in [-0.2, -0.15) is 0 Å². The number of hydrogen-bond donors (Lipinski definition) is 1. The first-order valence-electron chi connectivity index (χ1n) is 5.56. The maximum Gasteiger partial charge on any atom is 0.154 e. The van der Waals surface area contributed by atoms with Gasteiger partial charge >= 0.3 is 0 Å². The van der Waals surface area contributed by atoms with Gasteiger partial charge < -0.3 is 5.32 Å². The fraction of sp³-hybridized carbons (Fsp3) is 0.500. The van der Waals surface area contributed by atoms with Crippen molar-refractivity contribution in [3.05, 3.63) is 30.3 Å². The van der Waals surface area contributed by atoms with E-state index in [1.165, 1.54) is 0 Å². The van der Waals surface area contributed by atoms with Crippen LogP contribution in [0.4, 0.5) is 5.69 Å². The first-order valence-corrected chi connectivity index (χ1v) is 7.28. The van der Waals surface area contributed by atoms with Crippen molar-refractivity contribution in [2.24, 2.45) is 0 Å². The summed E-state index contributed by atoms with van der Waals surface area (Å²) in [6.45, 7) is 4.10. The van der Waals surface area contributed by atoms with Crippen LogP contribution in [0.2, 0.25) is 0 Å². The standard InChI is InChI=1S/C12H19NO2S/c1-3-9-16(14,15)11(2)10-13-12-7-5-4-6-8-12/h4-8,11,13H,3,9-10H2,1-2H3. The van der Waals surface area contributed by atoms with E-state index in [9.17, 15) is 8.42 Å². The summed E-state index contributed by atoms with van der Waals surface area (Å²) in [6.07, 6.45) is 0.679. The first-order chi connectivity index (χ1) is 7.56. The summed E-state index contributed by atoms with van der Waals surface area (Å²) in [5, 5.41) is 2.79. The minimum atomic E-state index is -2.94. The molecule has 4 heteroatoms. The molecule has 0 heterocycles. The summed E-state index contributed by atoms with van der Waals surface area (Å²) in [4.78, 5) is 0. The normalized spacial score (nSPS) is 13.4. The lowest BCUT2D eigenvalue weighted by molar-refractivity contribution is 0.584. The van der Waals surface area contributed by atoms with Crippen molar-refractivity contribution in [1.82, 2.24) is 0 Å². The van der Waals surface area contributed by atoms with E-state index in [4.69, 9.17) is 0 Å². The van der Waals surface area contributed by atoms with Crippen molar-refractivity contribution in [3.8, 4) is 0 Å². The molecule has 1 aromatic rings. The van der Waals surface area contributed by atoms with Gasteiger partial charge in [0.05, 0.1) is 11.0 Å². The van der Waals surface area contributed by atoms with Gasteiger partial charge in [0.15, 0.2) is 9.84 Å². The monoisotopic (exact) mass is 241 g/mol. The second kappa shape index (κ2) is 5.89. The summed E-state index contributed by atoms with van der Waals surface area (Å²) in [6, 6.07) is 9.64. The van der Waals surface area contributed by atoms with Crippen molar-refractivity contribution >= 4 is 15.5 Å². The Hall–Kier alpha value is -1.03. The van der Waals surface area contributed by atoms with Gasteiger partial charge in [-0.1, -0.05) is 25.1 Å². The van der Waals surface area contributed by atoms with Crippen LogP contribution in [0.25, 0.3) is 0 Å². The number of rotatable bonds is 6. The minimum Gasteiger partial charge on any atom is -0.384 e. The van der Waals surface area contributed by atoms with Crippen molar-refractivity contribution in [3.63, 3.8) is 0 Å². The lowest BCUT2D eigenvalue weighted by Crippen LogP contribution is -2.28. The zero-order valence-corrected chi connectivity index (χ0v) is 10.6. The number of anilines is 1. The maximum atomic E-state index is 11.7. The molecule has 3 nitrogen and oxygen atoms in total. The second-order valence-electron chi connectivity index (χ2n) is 3.92. The molecule has 0 fully saturated rings. The van der Waals surface area contributed by atoms with Gasteiger partial charge in [0.1, 0.15) is 0 Å². The van der Waals surface area contributed by atoms with Crippen LogP contribution in [0, 0.1) is 0 Å². The van der Waals surface area contributed by atoms with E-state index >= 15 is 0 Å². The molecule has 0 spiro atoms. The topological polar surface area (TPSA) is 46.2 Å². The van der Waals surface area contributed by atoms with Crippen LogP contribution in [0.15, 0.2) is 30.3 Å². The molecule has 1 unspecified atom stereocenters. The highest BCUT2D eigenvalue weighted by Crippen LogP contribution is 2.08. The van der Waals surface area contributed by atoms with Crippen LogP contribution in [-0.2, 0) is 9.84 Å². The molecule has 0 amide bonds. The van der Waals surface area contributed by atoms with Crippen molar-refractivity contribution in [1.29, 1.82) is 0 Å². The van der Waals surface area contributed by atoms with E-state index in [-0.39, 0.29) is 11.0 Å². The zero-order valence-electron chi connectivity index (χ0n) is 9.81. The van der Waals surface area contributed by atoms with Gasteiger partial charge in [-0.25, -0.2) is 8.42 Å². The Morgan fingerprint density at radius 2 is 1.88 bits per heavy atom. The zero-order chi connectivity index (χ0) is 12.0. The lowest BCUT2D eigenvalue weighted by atomic mass is 10.3. The van der Waals surface area contributed by atoms with Gasteiger partial charge in [-0.05, 0) is 25.5 Å². The van der Waals surface area contributed by atoms with Crippen LogP contribution < -0.4 is 5.32 Å². The van der Waals surface area contributed by atoms with E-state index in [0.717, 1.165) is 5.69 Å². The highest BCUT2D eigenvalue weighted by atomic mass is 32.2. The van der Waals surface area contributed by atoms with Crippen molar-refractivity contribution < 1.29 is 8.42 Å². The molecular weight excluding hydrogens is 222 g/mol. The van der Waals surface area contributed by atoms with Crippen LogP contribution >= 0.6 is 0 Å². The minimum absolute atomic E-state index is 0.268. The highest BCUT2D eigenvalue weighted by molar-refractivity contribution is 7.92. The van der Waals surface area contributed by atoms with Gasteiger partial charge in [-0.3, -0.25) is 0 Å². The number of nitrogens with one attached hydrogen (secondary N) is 1. The molecule has 0 aliphatic heterocycles. The number of sulfone groups is 1. The molecule has 90 valence electrons. The molecule has 1 aromatic carbocycles. The molecule has 1 rings (SSSR count). The Morgan fingerprint density at radius 3 is 2.44 bits per heavy atom. The van der Waals surface area contributed by atoms with Crippen molar-refractivity contribution in [2.75, 3.05) is 17.6 Å². The van der Waals surface area contributed by atoms with Crippen LogP contribution in [0.1, 0.15) is 20.3 Å². The molecule has 0 bridgehead atoms. The molecule has 0 aliphatic rings. The summed E-state index contributed by atoms with van der Waals surface area (Å²) >= 11 is 0. The van der Waals surface area contributed by atoms with Crippen LogP contribution in [-0.4, -0.2) is 26.0 Å². The Morgan fingerprint density at radius 1 is 1.25 bits per heavy atom. The highest BCUT2D eigenvalue weighted by Gasteiger charge is 2.18. The average molecular weight is 241 g/mol. The van der Waals surface area contributed by atoms with E-state index in [2.05, 4.69) is 5.32 Å². The largest absolute Gasteiger partial charge is 0.384 e. The predicted molar refractivity (Wildman–Crippen MR) is 68.5 cm³/mol. The van der Waals surface area contributed by atoms with E-state index in [0.29, 0.717) is 13.0 Å². The molecule has 0 radical (unpaired) electrons. The average Bonchev–Trinajstić information content (AvgIpc) is 2.27. The number of benzene rings is 1. The van der Waals surface area contributed by atoms with Crippen molar-refractivity contribution in [2.45, 2.75) is 25.5 Å². The fourth-order valence-corrected chi connectivity index (χ4v) is 2.74. The SMILES string of the molecule is CCCS(=O)(=O)C(C)CNc1ccccc1. The van der Waals surface area contributed by atoms with Gasteiger partial charge in [0.2, 0.25) is 0 Å². The maximum absolute atomic E-state index is 11.7. The Bertz CT molecular complexity index is 400. The van der Waals surface area contributed by atoms with Crippen LogP contribution in [0.3, 0.4) is 0 Å². The fourth-order valence-electron chi connectivity index (χ4n) is 1.43. The molecule has 0 saturated carbocycles. The third-order valence-corrected chi connectivity index (χ3v) is 4.84. The molecule has 0 aliphatic carbocycles. The van der Waals surface area contributed by atoms with E-state index < -0.39 is 9.84 Å². The quantitative estimate of drug-likeness (QED) is 0.831. The number of hydrogen-bond acceptors (Lipinski definition) is 3. The number of para-hydroxylation sites is 1. The second-order valence-corrected chi connectivity index (χ2v) is 6.46. The third-order valence-electron chi connectivity index (χ3n) is 2.47.